The van der Waals surface area contributed by atoms with Gasteiger partial charge in [0, 0.05) is 14.1 Å². The minimum absolute atomic E-state index is 0. The highest BCUT2D eigenvalue weighted by atomic mass is 35.5. The van der Waals surface area contributed by atoms with E-state index in [2.05, 4.69) is 6.92 Å². The van der Waals surface area contributed by atoms with Crippen LogP contribution in [-0.4, -0.2) is 30.8 Å². The molecule has 0 radical (unpaired) electrons. The Morgan fingerprint density at radius 2 is 2.00 bits per heavy atom. The fourth-order valence-electron chi connectivity index (χ4n) is 1.17. The number of nitrogens with zero attached hydrogens (tertiary/aromatic N) is 3. The number of halogens is 1. The van der Waals surface area contributed by atoms with Crippen LogP contribution >= 0.6 is 0 Å². The van der Waals surface area contributed by atoms with E-state index in [1.54, 1.807) is 18.7 Å². The first-order valence-electron chi connectivity index (χ1n) is 4.98. The lowest BCUT2D eigenvalue weighted by atomic mass is 10.3. The van der Waals surface area contributed by atoms with Crippen molar-refractivity contribution >= 4 is 10.2 Å². The van der Waals surface area contributed by atoms with Gasteiger partial charge in [0.1, 0.15) is 12.4 Å². The van der Waals surface area contributed by atoms with Gasteiger partial charge in [-0.3, -0.25) is 0 Å². The Morgan fingerprint density at radius 1 is 1.38 bits per heavy atom. The number of hydrogen-bond donors (Lipinski definition) is 0. The predicted octanol–water partition coefficient (Wildman–Crippen LogP) is -2.77. The molecule has 94 valence electrons. The molecule has 0 unspecified atom stereocenters. The molecule has 1 aromatic heterocycles. The molecule has 1 rings (SSSR count). The van der Waals surface area contributed by atoms with Gasteiger partial charge in [0.25, 0.3) is 6.33 Å². The minimum Gasteiger partial charge on any atom is -1.00 e. The van der Waals surface area contributed by atoms with Gasteiger partial charge in [-0.2, -0.15) is 12.7 Å². The summed E-state index contributed by atoms with van der Waals surface area (Å²) in [5, 5.41) is 0. The Bertz CT molecular complexity index is 414. The average Bonchev–Trinajstić information content (AvgIpc) is 2.63. The summed E-state index contributed by atoms with van der Waals surface area (Å²) in [7, 11) is -0.313. The topological polar surface area (TPSA) is 46.2 Å². The van der Waals surface area contributed by atoms with Gasteiger partial charge in [-0.15, -0.1) is 3.97 Å². The summed E-state index contributed by atoms with van der Waals surface area (Å²) in [6.45, 7) is 2.96. The summed E-state index contributed by atoms with van der Waals surface area (Å²) < 4.78 is 27.7. The maximum Gasteiger partial charge on any atom is 0.379 e. The van der Waals surface area contributed by atoms with Crippen LogP contribution in [0.15, 0.2) is 18.7 Å². The Balaban J connectivity index is 0.00000225. The second-order valence-electron chi connectivity index (χ2n) is 3.63. The normalized spacial score (nSPS) is 11.5. The van der Waals surface area contributed by atoms with Crippen LogP contribution in [0.25, 0.3) is 0 Å². The highest BCUT2D eigenvalue weighted by Crippen LogP contribution is 1.98. The van der Waals surface area contributed by atoms with E-state index >= 15 is 0 Å². The van der Waals surface area contributed by atoms with Crippen molar-refractivity contribution in [3.8, 4) is 0 Å². The average molecular weight is 268 g/mol. The van der Waals surface area contributed by atoms with E-state index in [1.165, 1.54) is 22.4 Å². The number of aromatic nitrogens is 2. The summed E-state index contributed by atoms with van der Waals surface area (Å²) >= 11 is 0. The lowest BCUT2D eigenvalue weighted by Crippen LogP contribution is -3.00. The van der Waals surface area contributed by atoms with Crippen LogP contribution in [0.3, 0.4) is 0 Å². The van der Waals surface area contributed by atoms with Crippen molar-refractivity contribution in [1.29, 1.82) is 0 Å². The van der Waals surface area contributed by atoms with Gasteiger partial charge in [0.15, 0.2) is 0 Å². The molecule has 1 heterocycles. The number of imidazole rings is 1. The number of unbranched alkanes of at least 4 members (excludes halogenated alkanes) is 1. The van der Waals surface area contributed by atoms with Crippen molar-refractivity contribution in [3.63, 3.8) is 0 Å². The SMILES string of the molecule is CCCC[n+]1ccn(S(=O)(=O)N(C)C)c1.[Cl-]. The van der Waals surface area contributed by atoms with Crippen LogP contribution in [0, 0.1) is 0 Å². The molecule has 0 fully saturated rings. The zero-order valence-electron chi connectivity index (χ0n) is 9.80. The lowest BCUT2D eigenvalue weighted by molar-refractivity contribution is -0.696. The maximum absolute atomic E-state index is 11.7. The Labute approximate surface area is 103 Å². The third-order valence-corrected chi connectivity index (χ3v) is 3.84. The van der Waals surface area contributed by atoms with Crippen LogP contribution < -0.4 is 17.0 Å². The number of hydrogen-bond acceptors (Lipinski definition) is 2. The van der Waals surface area contributed by atoms with Gasteiger partial charge in [-0.05, 0) is 6.42 Å². The van der Waals surface area contributed by atoms with E-state index in [9.17, 15) is 8.42 Å². The van der Waals surface area contributed by atoms with Crippen LogP contribution in [0.4, 0.5) is 0 Å². The molecule has 0 saturated carbocycles. The van der Waals surface area contributed by atoms with Gasteiger partial charge in [0.05, 0.1) is 6.54 Å². The lowest BCUT2D eigenvalue weighted by Gasteiger charge is -2.05. The van der Waals surface area contributed by atoms with Crippen LogP contribution in [0.2, 0.25) is 0 Å². The first kappa shape index (κ1) is 15.4. The van der Waals surface area contributed by atoms with Crippen LogP contribution in [-0.2, 0) is 16.8 Å². The van der Waals surface area contributed by atoms with Gasteiger partial charge >= 0.3 is 10.2 Å². The Hall–Kier alpha value is -0.590. The van der Waals surface area contributed by atoms with E-state index in [4.69, 9.17) is 0 Å². The second-order valence-corrected chi connectivity index (χ2v) is 5.67. The third kappa shape index (κ3) is 3.47. The summed E-state index contributed by atoms with van der Waals surface area (Å²) in [4.78, 5) is 0. The molecule has 0 aromatic carbocycles. The molecule has 0 bridgehead atoms. The van der Waals surface area contributed by atoms with E-state index < -0.39 is 10.2 Å². The Morgan fingerprint density at radius 3 is 2.50 bits per heavy atom. The monoisotopic (exact) mass is 267 g/mol. The van der Waals surface area contributed by atoms with Crippen molar-refractivity contribution in [3.05, 3.63) is 18.7 Å². The summed E-state index contributed by atoms with van der Waals surface area (Å²) in [6, 6.07) is 0. The molecule has 7 heteroatoms. The maximum atomic E-state index is 11.7. The van der Waals surface area contributed by atoms with E-state index in [-0.39, 0.29) is 12.4 Å². The van der Waals surface area contributed by atoms with Crippen molar-refractivity contribution in [1.82, 2.24) is 8.28 Å². The quantitative estimate of drug-likeness (QED) is 0.543. The van der Waals surface area contributed by atoms with E-state index in [0.29, 0.717) is 0 Å². The fourth-order valence-corrected chi connectivity index (χ4v) is 2.00. The molecule has 0 aliphatic heterocycles. The summed E-state index contributed by atoms with van der Waals surface area (Å²) in [6.07, 6.45) is 7.09. The minimum atomic E-state index is -3.35. The smallest absolute Gasteiger partial charge is 0.379 e. The molecular formula is C9H18ClN3O2S. The summed E-state index contributed by atoms with van der Waals surface area (Å²) in [5.41, 5.74) is 0. The van der Waals surface area contributed by atoms with E-state index in [0.717, 1.165) is 19.4 Å². The van der Waals surface area contributed by atoms with Gasteiger partial charge in [-0.1, -0.05) is 13.3 Å². The van der Waals surface area contributed by atoms with Gasteiger partial charge < -0.3 is 12.4 Å². The highest BCUT2D eigenvalue weighted by molar-refractivity contribution is 7.87. The van der Waals surface area contributed by atoms with Gasteiger partial charge in [0.2, 0.25) is 0 Å². The van der Waals surface area contributed by atoms with Crippen LogP contribution in [0.1, 0.15) is 19.8 Å². The molecular weight excluding hydrogens is 250 g/mol. The molecule has 0 amide bonds. The highest BCUT2D eigenvalue weighted by Gasteiger charge is 2.22. The van der Waals surface area contributed by atoms with Crippen molar-refractivity contribution in [2.75, 3.05) is 14.1 Å². The molecule has 0 N–H and O–H groups in total. The van der Waals surface area contributed by atoms with Gasteiger partial charge in [-0.25, -0.2) is 4.57 Å². The van der Waals surface area contributed by atoms with Crippen molar-refractivity contribution in [2.24, 2.45) is 0 Å². The Kier molecular flexibility index (Phi) is 5.99. The first-order chi connectivity index (χ1) is 6.98. The fraction of sp³-hybridized carbons (Fsp3) is 0.667. The molecule has 0 aliphatic rings. The second kappa shape index (κ2) is 6.22. The van der Waals surface area contributed by atoms with Crippen molar-refractivity contribution < 1.29 is 25.4 Å². The van der Waals surface area contributed by atoms with Crippen molar-refractivity contribution in [2.45, 2.75) is 26.3 Å². The van der Waals surface area contributed by atoms with E-state index in [1.807, 2.05) is 4.57 Å². The molecule has 16 heavy (non-hydrogen) atoms. The number of rotatable bonds is 5. The standard InChI is InChI=1S/C9H18N3O2S.ClH/c1-4-5-6-11-7-8-12(9-11)15(13,14)10(2)3;/h7-9H,4-6H2,1-3H3;1H/q+1;/p-1. The third-order valence-electron chi connectivity index (χ3n) is 2.16. The predicted molar refractivity (Wildman–Crippen MR) is 57.5 cm³/mol. The molecule has 0 atom stereocenters. The van der Waals surface area contributed by atoms with Crippen LogP contribution in [0.5, 0.6) is 0 Å². The number of aryl methyl sites for hydroxylation is 1. The molecule has 0 saturated heterocycles. The molecule has 0 spiro atoms. The molecule has 5 nitrogen and oxygen atoms in total. The molecule has 1 aromatic rings. The zero-order valence-corrected chi connectivity index (χ0v) is 11.4. The zero-order chi connectivity index (χ0) is 11.5. The molecule has 0 aliphatic carbocycles. The summed E-state index contributed by atoms with van der Waals surface area (Å²) in [5.74, 6) is 0. The first-order valence-corrected chi connectivity index (χ1v) is 6.38. The largest absolute Gasteiger partial charge is 1.00 e.